The second-order valence-corrected chi connectivity index (χ2v) is 7.15. The van der Waals surface area contributed by atoms with Gasteiger partial charge in [-0.1, -0.05) is 24.3 Å². The molecule has 6 nitrogen and oxygen atoms in total. The largest absolute Gasteiger partial charge is 0.494 e. The molecule has 0 bridgehead atoms. The molecule has 0 radical (unpaired) electrons. The maximum absolute atomic E-state index is 13.3. The second-order valence-electron chi connectivity index (χ2n) is 7.15. The molecule has 0 atom stereocenters. The average molecular weight is 409 g/mol. The van der Waals surface area contributed by atoms with E-state index >= 15 is 0 Å². The van der Waals surface area contributed by atoms with E-state index in [0.29, 0.717) is 12.2 Å². The van der Waals surface area contributed by atoms with Gasteiger partial charge in [0.15, 0.2) is 0 Å². The van der Waals surface area contributed by atoms with Gasteiger partial charge in [0.2, 0.25) is 0 Å². The average Bonchev–Trinajstić information content (AvgIpc) is 2.70. The molecule has 1 heterocycles. The van der Waals surface area contributed by atoms with E-state index in [1.165, 1.54) is 24.3 Å². The molecule has 7 heteroatoms. The van der Waals surface area contributed by atoms with Crippen LogP contribution in [0.4, 0.5) is 4.39 Å². The van der Waals surface area contributed by atoms with Gasteiger partial charge in [0, 0.05) is 6.54 Å². The minimum absolute atomic E-state index is 0.0595. The monoisotopic (exact) mass is 409 g/mol. The second kappa shape index (κ2) is 9.84. The molecule has 0 amide bonds. The van der Waals surface area contributed by atoms with E-state index in [2.05, 4.69) is 14.9 Å². The third kappa shape index (κ3) is 6.02. The van der Waals surface area contributed by atoms with Crippen molar-refractivity contribution < 1.29 is 9.13 Å². The first kappa shape index (κ1) is 21.3. The van der Waals surface area contributed by atoms with E-state index in [0.717, 1.165) is 24.3 Å². The van der Waals surface area contributed by atoms with Crippen molar-refractivity contribution in [2.45, 2.75) is 6.42 Å². The van der Waals surface area contributed by atoms with Gasteiger partial charge >= 0.3 is 0 Å². The quantitative estimate of drug-likeness (QED) is 0.575. The normalized spacial score (nSPS) is 12.5. The lowest BCUT2D eigenvalue weighted by Crippen LogP contribution is -2.46. The Morgan fingerprint density at radius 3 is 2.17 bits per heavy atom. The number of aromatic amines is 2. The Morgan fingerprint density at radius 2 is 1.57 bits per heavy atom. The zero-order valence-corrected chi connectivity index (χ0v) is 16.9. The third-order valence-corrected chi connectivity index (χ3v) is 4.35. The molecular weight excluding hydrogens is 385 g/mol. The topological polar surface area (TPSA) is 78.2 Å². The van der Waals surface area contributed by atoms with E-state index in [1.807, 2.05) is 38.4 Å². The van der Waals surface area contributed by atoms with E-state index in [-0.39, 0.29) is 10.7 Å². The summed E-state index contributed by atoms with van der Waals surface area (Å²) in [5.41, 5.74) is 0.319. The fourth-order valence-electron chi connectivity index (χ4n) is 2.86. The summed E-state index contributed by atoms with van der Waals surface area (Å²) in [7, 11) is 4.03. The van der Waals surface area contributed by atoms with E-state index in [1.54, 1.807) is 12.1 Å². The van der Waals surface area contributed by atoms with Crippen LogP contribution in [0.2, 0.25) is 0 Å². The number of ether oxygens (including phenoxy) is 1. The van der Waals surface area contributed by atoms with Crippen molar-refractivity contribution in [3.8, 4) is 5.75 Å². The van der Waals surface area contributed by atoms with Gasteiger partial charge in [0.05, 0.1) is 6.61 Å². The Labute approximate surface area is 173 Å². The number of hydrogen-bond acceptors (Lipinski definition) is 4. The molecule has 2 aromatic carbocycles. The first-order chi connectivity index (χ1) is 14.4. The van der Waals surface area contributed by atoms with Crippen LogP contribution in [0, 0.1) is 5.82 Å². The highest BCUT2D eigenvalue weighted by molar-refractivity contribution is 5.50. The number of benzene rings is 2. The molecule has 0 aliphatic carbocycles. The molecule has 3 aromatic rings. The summed E-state index contributed by atoms with van der Waals surface area (Å²) < 4.78 is 19.0. The number of nitrogens with one attached hydrogen (secondary N) is 2. The van der Waals surface area contributed by atoms with E-state index in [9.17, 15) is 14.0 Å². The third-order valence-electron chi connectivity index (χ3n) is 4.35. The van der Waals surface area contributed by atoms with Crippen LogP contribution >= 0.6 is 0 Å². The van der Waals surface area contributed by atoms with Gasteiger partial charge in [-0.15, -0.1) is 0 Å². The first-order valence-corrected chi connectivity index (χ1v) is 9.60. The van der Waals surface area contributed by atoms with E-state index in [4.69, 9.17) is 4.74 Å². The smallest absolute Gasteiger partial charge is 0.272 e. The minimum atomic E-state index is -0.467. The highest BCUT2D eigenvalue weighted by Crippen LogP contribution is 2.12. The highest BCUT2D eigenvalue weighted by Gasteiger charge is 1.99. The van der Waals surface area contributed by atoms with Gasteiger partial charge in [-0.2, -0.15) is 0 Å². The SMILES string of the molecule is CN(C)CCCOc1ccc(/C=c2\[nH]c(=O)/c(=C/c3cccc(F)c3)[nH]c2=O)cc1. The van der Waals surface area contributed by atoms with Crippen LogP contribution in [0.3, 0.4) is 0 Å². The zero-order valence-electron chi connectivity index (χ0n) is 16.9. The zero-order chi connectivity index (χ0) is 21.5. The fourth-order valence-corrected chi connectivity index (χ4v) is 2.86. The van der Waals surface area contributed by atoms with Gasteiger partial charge < -0.3 is 19.6 Å². The Balaban J connectivity index is 1.80. The standard InChI is InChI=1S/C23H24FN3O3/c1-27(2)11-4-12-30-19-9-7-16(8-10-19)14-20-22(28)26-21(23(29)25-20)15-17-5-3-6-18(24)13-17/h3,5-10,13-15H,4,11-12H2,1-2H3,(H,25,29)(H,26,28)/b20-14-,21-15-. The predicted molar refractivity (Wildman–Crippen MR) is 116 cm³/mol. The Morgan fingerprint density at radius 1 is 0.933 bits per heavy atom. The molecule has 0 aliphatic rings. The van der Waals surface area contributed by atoms with Crippen molar-refractivity contribution in [1.29, 1.82) is 0 Å². The summed E-state index contributed by atoms with van der Waals surface area (Å²) in [4.78, 5) is 31.9. The van der Waals surface area contributed by atoms with Crippen LogP contribution in [0.15, 0.2) is 58.1 Å². The van der Waals surface area contributed by atoms with Gasteiger partial charge in [0.25, 0.3) is 11.1 Å². The molecule has 0 unspecified atom stereocenters. The number of aromatic nitrogens is 2. The number of nitrogens with zero attached hydrogens (tertiary/aromatic N) is 1. The molecule has 156 valence electrons. The van der Waals surface area contributed by atoms with Crippen molar-refractivity contribution in [2.24, 2.45) is 0 Å². The molecule has 0 spiro atoms. The molecule has 0 saturated carbocycles. The van der Waals surface area contributed by atoms with Crippen LogP contribution < -0.4 is 26.6 Å². The van der Waals surface area contributed by atoms with Crippen molar-refractivity contribution in [2.75, 3.05) is 27.2 Å². The number of halogens is 1. The van der Waals surface area contributed by atoms with Crippen LogP contribution in [0.5, 0.6) is 5.75 Å². The van der Waals surface area contributed by atoms with Crippen molar-refractivity contribution in [3.05, 3.63) is 96.9 Å². The Bertz CT molecular complexity index is 1230. The van der Waals surface area contributed by atoms with Gasteiger partial charge in [-0.3, -0.25) is 9.59 Å². The summed E-state index contributed by atoms with van der Waals surface area (Å²) in [6.45, 7) is 1.58. The first-order valence-electron chi connectivity index (χ1n) is 9.60. The predicted octanol–water partition coefficient (Wildman–Crippen LogP) is 1.19. The van der Waals surface area contributed by atoms with E-state index < -0.39 is 16.9 Å². The molecule has 3 rings (SSSR count). The maximum Gasteiger partial charge on any atom is 0.272 e. The van der Waals surface area contributed by atoms with Crippen LogP contribution in [-0.4, -0.2) is 42.1 Å². The number of rotatable bonds is 7. The molecule has 2 N–H and O–H groups in total. The lowest BCUT2D eigenvalue weighted by molar-refractivity contribution is 0.281. The summed E-state index contributed by atoms with van der Waals surface area (Å²) in [6.07, 6.45) is 3.94. The summed E-state index contributed by atoms with van der Waals surface area (Å²) >= 11 is 0. The lowest BCUT2D eigenvalue weighted by atomic mass is 10.2. The number of hydrogen-bond donors (Lipinski definition) is 2. The molecule has 30 heavy (non-hydrogen) atoms. The minimum Gasteiger partial charge on any atom is -0.494 e. The molecule has 0 aliphatic heterocycles. The lowest BCUT2D eigenvalue weighted by Gasteiger charge is -2.10. The van der Waals surface area contributed by atoms with Crippen LogP contribution in [-0.2, 0) is 0 Å². The van der Waals surface area contributed by atoms with Crippen molar-refractivity contribution in [3.63, 3.8) is 0 Å². The molecule has 0 fully saturated rings. The Hall–Kier alpha value is -3.45. The number of H-pyrrole nitrogens is 2. The summed E-state index contributed by atoms with van der Waals surface area (Å²) in [5, 5.41) is 0.195. The molecular formula is C23H24FN3O3. The highest BCUT2D eigenvalue weighted by atomic mass is 19.1. The Kier molecular flexibility index (Phi) is 6.98. The van der Waals surface area contributed by atoms with Gasteiger partial charge in [-0.25, -0.2) is 4.39 Å². The summed E-state index contributed by atoms with van der Waals surface area (Å²) in [5.74, 6) is 0.325. The molecule has 1 aromatic heterocycles. The van der Waals surface area contributed by atoms with Crippen molar-refractivity contribution >= 4 is 12.2 Å². The summed E-state index contributed by atoms with van der Waals surface area (Å²) in [6, 6.07) is 13.0. The maximum atomic E-state index is 13.3. The van der Waals surface area contributed by atoms with Crippen LogP contribution in [0.1, 0.15) is 17.5 Å². The van der Waals surface area contributed by atoms with Crippen LogP contribution in [0.25, 0.3) is 12.2 Å². The molecule has 0 saturated heterocycles. The fraction of sp³-hybridized carbons (Fsp3) is 0.217. The van der Waals surface area contributed by atoms with Gasteiger partial charge in [0.1, 0.15) is 22.3 Å². The van der Waals surface area contributed by atoms with Crippen molar-refractivity contribution in [1.82, 2.24) is 14.9 Å². The van der Waals surface area contributed by atoms with Gasteiger partial charge in [-0.05, 0) is 68.1 Å².